The molecule has 72 valence electrons. The van der Waals surface area contributed by atoms with Crippen molar-refractivity contribution in [3.05, 3.63) is 0 Å². The van der Waals surface area contributed by atoms with Crippen molar-refractivity contribution in [3.63, 3.8) is 0 Å². The monoisotopic (exact) mass is 211 g/mol. The predicted molar refractivity (Wildman–Crippen MR) is 49.3 cm³/mol. The van der Waals surface area contributed by atoms with Crippen molar-refractivity contribution in [1.82, 2.24) is 4.31 Å². The fraction of sp³-hybridized carbons (Fsp3) is 1.00. The molecule has 0 spiro atoms. The second-order valence-electron chi connectivity index (χ2n) is 3.53. The average Bonchev–Trinajstić information content (AvgIpc) is 1.83. The van der Waals surface area contributed by atoms with E-state index in [4.69, 9.17) is 10.7 Å². The highest BCUT2D eigenvalue weighted by Crippen LogP contribution is 2.25. The maximum absolute atomic E-state index is 11.0. The topological polar surface area (TPSA) is 37.4 Å². The van der Waals surface area contributed by atoms with Gasteiger partial charge in [-0.05, 0) is 25.7 Å². The Bertz CT molecular complexity index is 252. The van der Waals surface area contributed by atoms with Gasteiger partial charge >= 0.3 is 0 Å². The van der Waals surface area contributed by atoms with Crippen LogP contribution in [0.25, 0.3) is 0 Å². The van der Waals surface area contributed by atoms with Gasteiger partial charge in [0, 0.05) is 23.3 Å². The van der Waals surface area contributed by atoms with Gasteiger partial charge in [0.15, 0.2) is 0 Å². The van der Waals surface area contributed by atoms with Gasteiger partial charge in [0.05, 0.1) is 0 Å². The lowest BCUT2D eigenvalue weighted by molar-refractivity contribution is 0.223. The lowest BCUT2D eigenvalue weighted by Crippen LogP contribution is -2.41. The molecular formula is C7H14ClNO2S. The van der Waals surface area contributed by atoms with E-state index >= 15 is 0 Å². The van der Waals surface area contributed by atoms with Crippen LogP contribution in [0.2, 0.25) is 0 Å². The van der Waals surface area contributed by atoms with Crippen molar-refractivity contribution in [2.75, 3.05) is 6.54 Å². The van der Waals surface area contributed by atoms with E-state index in [9.17, 15) is 8.42 Å². The van der Waals surface area contributed by atoms with Crippen molar-refractivity contribution >= 4 is 19.9 Å². The Labute approximate surface area is 78.3 Å². The zero-order chi connectivity index (χ0) is 9.35. The van der Waals surface area contributed by atoms with E-state index in [0.717, 1.165) is 12.8 Å². The van der Waals surface area contributed by atoms with Crippen LogP contribution in [0.3, 0.4) is 0 Å². The number of piperidine rings is 1. The van der Waals surface area contributed by atoms with Crippen molar-refractivity contribution in [2.24, 2.45) is 5.92 Å². The highest BCUT2D eigenvalue weighted by atomic mass is 35.7. The van der Waals surface area contributed by atoms with Gasteiger partial charge in [-0.1, -0.05) is 6.92 Å². The summed E-state index contributed by atoms with van der Waals surface area (Å²) in [6, 6.07) is 0.0521. The largest absolute Gasteiger partial charge is 0.300 e. The van der Waals surface area contributed by atoms with Crippen molar-refractivity contribution in [2.45, 2.75) is 32.7 Å². The molecule has 1 rings (SSSR count). The van der Waals surface area contributed by atoms with Crippen molar-refractivity contribution < 1.29 is 8.42 Å². The number of rotatable bonds is 1. The second-order valence-corrected chi connectivity index (χ2v) is 5.99. The molecule has 1 aliphatic heterocycles. The smallest absolute Gasteiger partial charge is 0.195 e. The van der Waals surface area contributed by atoms with Crippen LogP contribution in [0.15, 0.2) is 0 Å². The third kappa shape index (κ3) is 2.34. The molecular weight excluding hydrogens is 198 g/mol. The molecule has 0 unspecified atom stereocenters. The van der Waals surface area contributed by atoms with Gasteiger partial charge in [-0.3, -0.25) is 0 Å². The van der Waals surface area contributed by atoms with Gasteiger partial charge in [0.25, 0.3) is 9.24 Å². The van der Waals surface area contributed by atoms with Crippen molar-refractivity contribution in [1.29, 1.82) is 0 Å². The Kier molecular flexibility index (Phi) is 3.01. The molecule has 0 aromatic heterocycles. The van der Waals surface area contributed by atoms with Gasteiger partial charge in [0.1, 0.15) is 0 Å². The van der Waals surface area contributed by atoms with Crippen LogP contribution in [-0.2, 0) is 9.24 Å². The summed E-state index contributed by atoms with van der Waals surface area (Å²) >= 11 is 0. The predicted octanol–water partition coefficient (Wildman–Crippen LogP) is 1.59. The molecule has 1 fully saturated rings. The van der Waals surface area contributed by atoms with Crippen LogP contribution in [0.5, 0.6) is 0 Å². The fourth-order valence-electron chi connectivity index (χ4n) is 1.71. The first-order valence-electron chi connectivity index (χ1n) is 4.12. The normalized spacial score (nSPS) is 33.6. The standard InChI is InChI=1S/C7H14ClNO2S/c1-6-3-4-9(7(2)5-6)12(8,10)11/h6-7H,3-5H2,1-2H3/t6-,7-/m1/s1. The lowest BCUT2D eigenvalue weighted by atomic mass is 9.95. The Morgan fingerprint density at radius 3 is 2.42 bits per heavy atom. The third-order valence-corrected chi connectivity index (χ3v) is 3.99. The molecule has 0 bridgehead atoms. The first kappa shape index (κ1) is 10.3. The minimum Gasteiger partial charge on any atom is -0.195 e. The van der Waals surface area contributed by atoms with E-state index in [-0.39, 0.29) is 6.04 Å². The first-order chi connectivity index (χ1) is 5.41. The van der Waals surface area contributed by atoms with Crippen LogP contribution in [0, 0.1) is 5.92 Å². The molecule has 1 saturated heterocycles. The van der Waals surface area contributed by atoms with Crippen LogP contribution >= 0.6 is 10.7 Å². The third-order valence-electron chi connectivity index (χ3n) is 2.36. The molecule has 3 nitrogen and oxygen atoms in total. The van der Waals surface area contributed by atoms with E-state index in [0.29, 0.717) is 12.5 Å². The summed E-state index contributed by atoms with van der Waals surface area (Å²) in [6.07, 6.45) is 1.82. The van der Waals surface area contributed by atoms with Gasteiger partial charge in [-0.15, -0.1) is 0 Å². The number of nitrogens with zero attached hydrogens (tertiary/aromatic N) is 1. The molecule has 12 heavy (non-hydrogen) atoms. The lowest BCUT2D eigenvalue weighted by Gasteiger charge is -2.33. The van der Waals surface area contributed by atoms with Crippen LogP contribution in [0.4, 0.5) is 0 Å². The number of halogens is 1. The van der Waals surface area contributed by atoms with E-state index in [1.807, 2.05) is 6.92 Å². The van der Waals surface area contributed by atoms with E-state index in [1.54, 1.807) is 0 Å². The SMILES string of the molecule is C[C@@H]1CCN(S(=O)(=O)Cl)[C@H](C)C1. The Morgan fingerprint density at radius 1 is 1.42 bits per heavy atom. The van der Waals surface area contributed by atoms with Gasteiger partial charge in [-0.2, -0.15) is 12.7 Å². The van der Waals surface area contributed by atoms with Gasteiger partial charge < -0.3 is 0 Å². The summed E-state index contributed by atoms with van der Waals surface area (Å²) < 4.78 is 23.4. The maximum Gasteiger partial charge on any atom is 0.300 e. The Morgan fingerprint density at radius 2 is 2.00 bits per heavy atom. The summed E-state index contributed by atoms with van der Waals surface area (Å²) in [4.78, 5) is 0. The summed E-state index contributed by atoms with van der Waals surface area (Å²) in [5.74, 6) is 0.606. The second kappa shape index (κ2) is 3.52. The summed E-state index contributed by atoms with van der Waals surface area (Å²) in [7, 11) is 1.76. The van der Waals surface area contributed by atoms with Crippen LogP contribution < -0.4 is 0 Å². The number of hydrogen-bond donors (Lipinski definition) is 0. The van der Waals surface area contributed by atoms with Gasteiger partial charge in [0.2, 0.25) is 0 Å². The summed E-state index contributed by atoms with van der Waals surface area (Å²) in [6.45, 7) is 4.60. The Balaban J connectivity index is 2.69. The molecule has 0 saturated carbocycles. The minimum atomic E-state index is -3.49. The summed E-state index contributed by atoms with van der Waals surface area (Å²) in [5.41, 5.74) is 0. The van der Waals surface area contributed by atoms with Crippen molar-refractivity contribution in [3.8, 4) is 0 Å². The molecule has 1 aliphatic rings. The molecule has 0 aromatic carbocycles. The quantitative estimate of drug-likeness (QED) is 0.618. The molecule has 0 N–H and O–H groups in total. The molecule has 5 heteroatoms. The number of hydrogen-bond acceptors (Lipinski definition) is 2. The van der Waals surface area contributed by atoms with Crippen LogP contribution in [-0.4, -0.2) is 25.3 Å². The maximum atomic E-state index is 11.0. The highest BCUT2D eigenvalue weighted by Gasteiger charge is 2.30. The zero-order valence-electron chi connectivity index (χ0n) is 7.33. The Hall–Kier alpha value is 0.200. The molecule has 0 aromatic rings. The molecule has 0 radical (unpaired) electrons. The molecule has 0 amide bonds. The first-order valence-corrected chi connectivity index (χ1v) is 6.39. The fourth-order valence-corrected chi connectivity index (χ4v) is 3.16. The van der Waals surface area contributed by atoms with E-state index in [2.05, 4.69) is 6.92 Å². The van der Waals surface area contributed by atoms with E-state index in [1.165, 1.54) is 4.31 Å². The molecule has 2 atom stereocenters. The molecule has 1 heterocycles. The summed E-state index contributed by atoms with van der Waals surface area (Å²) in [5, 5.41) is 0. The van der Waals surface area contributed by atoms with Gasteiger partial charge in [-0.25, -0.2) is 0 Å². The average molecular weight is 212 g/mol. The highest BCUT2D eigenvalue weighted by molar-refractivity contribution is 8.11. The molecule has 0 aliphatic carbocycles. The van der Waals surface area contributed by atoms with Crippen LogP contribution in [0.1, 0.15) is 26.7 Å². The van der Waals surface area contributed by atoms with E-state index < -0.39 is 9.24 Å². The zero-order valence-corrected chi connectivity index (χ0v) is 8.90. The minimum absolute atomic E-state index is 0.0521.